The summed E-state index contributed by atoms with van der Waals surface area (Å²) in [5.41, 5.74) is 1.56. The van der Waals surface area contributed by atoms with E-state index in [1.54, 1.807) is 10.7 Å². The number of carboxylic acid groups (broad SMARTS) is 1. The lowest BCUT2D eigenvalue weighted by molar-refractivity contribution is 0.0697. The second-order valence-electron chi connectivity index (χ2n) is 3.94. The van der Waals surface area contributed by atoms with Crippen LogP contribution in [0, 0.1) is 0 Å². The fourth-order valence-electron chi connectivity index (χ4n) is 1.77. The molecule has 19 heavy (non-hydrogen) atoms. The summed E-state index contributed by atoms with van der Waals surface area (Å²) in [4.78, 5) is 15.3. The van der Waals surface area contributed by atoms with Gasteiger partial charge < -0.3 is 5.11 Å². The Kier molecular flexibility index (Phi) is 2.79. The van der Waals surface area contributed by atoms with Gasteiger partial charge in [-0.1, -0.05) is 28.1 Å². The highest BCUT2D eigenvalue weighted by atomic mass is 79.9. The van der Waals surface area contributed by atoms with E-state index in [9.17, 15) is 4.79 Å². The number of hydrogen-bond acceptors (Lipinski definition) is 3. The summed E-state index contributed by atoms with van der Waals surface area (Å²) in [6.07, 6.45) is 1.59. The average Bonchev–Trinajstić information content (AvgIpc) is 2.81. The molecule has 0 saturated carbocycles. The Bertz CT molecular complexity index is 782. The van der Waals surface area contributed by atoms with Crippen molar-refractivity contribution in [1.82, 2.24) is 14.6 Å². The number of rotatable bonds is 2. The number of carboxylic acids is 1. The van der Waals surface area contributed by atoms with Crippen LogP contribution in [0.2, 0.25) is 0 Å². The van der Waals surface area contributed by atoms with E-state index in [0.717, 1.165) is 10.0 Å². The van der Waals surface area contributed by atoms with Gasteiger partial charge in [0.25, 0.3) is 0 Å². The molecule has 3 aromatic rings. The third-order valence-corrected chi connectivity index (χ3v) is 3.39. The zero-order valence-corrected chi connectivity index (χ0v) is 11.2. The van der Waals surface area contributed by atoms with E-state index >= 15 is 0 Å². The molecule has 0 aliphatic heterocycles. The fourth-order valence-corrected chi connectivity index (χ4v) is 2.23. The maximum absolute atomic E-state index is 10.9. The predicted molar refractivity (Wildman–Crippen MR) is 73.1 cm³/mol. The fraction of sp³-hybridized carbons (Fsp3) is 0. The van der Waals surface area contributed by atoms with Crippen LogP contribution in [-0.4, -0.2) is 25.7 Å². The lowest BCUT2D eigenvalue weighted by Crippen LogP contribution is -1.97. The topological polar surface area (TPSA) is 67.5 Å². The van der Waals surface area contributed by atoms with E-state index in [4.69, 9.17) is 5.11 Å². The molecule has 0 aliphatic carbocycles. The number of pyridine rings is 1. The summed E-state index contributed by atoms with van der Waals surface area (Å²) >= 11 is 3.44. The van der Waals surface area contributed by atoms with Gasteiger partial charge in [0.15, 0.2) is 11.5 Å². The molecule has 3 rings (SSSR count). The van der Waals surface area contributed by atoms with Crippen molar-refractivity contribution in [3.63, 3.8) is 0 Å². The average molecular weight is 318 g/mol. The number of aromatic nitrogens is 3. The van der Waals surface area contributed by atoms with Crippen LogP contribution in [0.3, 0.4) is 0 Å². The molecule has 0 atom stereocenters. The highest BCUT2D eigenvalue weighted by molar-refractivity contribution is 9.10. The Morgan fingerprint density at radius 3 is 2.79 bits per heavy atom. The van der Waals surface area contributed by atoms with Crippen molar-refractivity contribution < 1.29 is 9.90 Å². The summed E-state index contributed by atoms with van der Waals surface area (Å²) in [5, 5.41) is 13.3. The third kappa shape index (κ3) is 2.10. The van der Waals surface area contributed by atoms with E-state index in [0.29, 0.717) is 11.5 Å². The Morgan fingerprint density at radius 2 is 2.05 bits per heavy atom. The molecule has 2 heterocycles. The van der Waals surface area contributed by atoms with Crippen LogP contribution in [0.4, 0.5) is 0 Å². The van der Waals surface area contributed by atoms with Gasteiger partial charge in [-0.05, 0) is 24.3 Å². The van der Waals surface area contributed by atoms with Gasteiger partial charge >= 0.3 is 5.97 Å². The normalized spacial score (nSPS) is 10.8. The van der Waals surface area contributed by atoms with Crippen molar-refractivity contribution >= 4 is 27.5 Å². The van der Waals surface area contributed by atoms with Crippen molar-refractivity contribution in [1.29, 1.82) is 0 Å². The molecule has 0 spiro atoms. The Balaban J connectivity index is 2.17. The van der Waals surface area contributed by atoms with Crippen LogP contribution in [0.25, 0.3) is 17.0 Å². The minimum Gasteiger partial charge on any atom is -0.478 e. The predicted octanol–water partition coefficient (Wildman–Crippen LogP) is 2.86. The van der Waals surface area contributed by atoms with Crippen molar-refractivity contribution in [2.45, 2.75) is 0 Å². The molecule has 0 bridgehead atoms. The summed E-state index contributed by atoms with van der Waals surface area (Å²) in [6, 6.07) is 10.6. The van der Waals surface area contributed by atoms with Gasteiger partial charge in [0.1, 0.15) is 0 Å². The second kappa shape index (κ2) is 4.47. The monoisotopic (exact) mass is 317 g/mol. The lowest BCUT2D eigenvalue weighted by atomic mass is 10.2. The molecular weight excluding hydrogens is 310 g/mol. The molecular formula is C13H8BrN3O2. The van der Waals surface area contributed by atoms with E-state index < -0.39 is 5.97 Å². The van der Waals surface area contributed by atoms with Gasteiger partial charge in [0, 0.05) is 16.2 Å². The van der Waals surface area contributed by atoms with Crippen molar-refractivity contribution in [2.75, 3.05) is 0 Å². The number of fused-ring (bicyclic) bond motifs is 1. The van der Waals surface area contributed by atoms with Gasteiger partial charge in [-0.3, -0.25) is 0 Å². The minimum absolute atomic E-state index is 0.193. The first-order chi connectivity index (χ1) is 9.15. The highest BCUT2D eigenvalue weighted by Crippen LogP contribution is 2.25. The molecule has 6 heteroatoms. The van der Waals surface area contributed by atoms with Crippen LogP contribution in [-0.2, 0) is 0 Å². The molecule has 0 fully saturated rings. The zero-order chi connectivity index (χ0) is 13.4. The Hall–Kier alpha value is -2.21. The Morgan fingerprint density at radius 1 is 1.26 bits per heavy atom. The molecule has 0 saturated heterocycles. The van der Waals surface area contributed by atoms with Gasteiger partial charge in [0.05, 0.1) is 5.56 Å². The van der Waals surface area contributed by atoms with Crippen molar-refractivity contribution in [3.8, 4) is 11.4 Å². The largest absolute Gasteiger partial charge is 0.478 e. The lowest BCUT2D eigenvalue weighted by Gasteiger charge is -1.96. The third-order valence-electron chi connectivity index (χ3n) is 2.70. The zero-order valence-electron chi connectivity index (χ0n) is 9.62. The number of nitrogens with zero attached hydrogens (tertiary/aromatic N) is 3. The van der Waals surface area contributed by atoms with Crippen LogP contribution < -0.4 is 0 Å². The number of halogens is 1. The van der Waals surface area contributed by atoms with E-state index in [1.165, 1.54) is 12.1 Å². The van der Waals surface area contributed by atoms with E-state index in [2.05, 4.69) is 26.0 Å². The van der Waals surface area contributed by atoms with Gasteiger partial charge in [0.2, 0.25) is 0 Å². The molecule has 0 amide bonds. The molecule has 1 N–H and O–H groups in total. The van der Waals surface area contributed by atoms with Crippen LogP contribution in [0.5, 0.6) is 0 Å². The maximum Gasteiger partial charge on any atom is 0.335 e. The number of hydrogen-bond donors (Lipinski definition) is 1. The minimum atomic E-state index is -0.979. The molecule has 1 aromatic carbocycles. The number of benzene rings is 1. The molecule has 2 aromatic heterocycles. The quantitative estimate of drug-likeness (QED) is 0.789. The first-order valence-electron chi connectivity index (χ1n) is 5.50. The standard InChI is InChI=1S/C13H8BrN3O2/c14-10-4-2-1-3-9(10)12-15-11-7-8(13(18)19)5-6-17(11)16-12/h1-7H,(H,18,19). The second-order valence-corrected chi connectivity index (χ2v) is 4.79. The van der Waals surface area contributed by atoms with Crippen molar-refractivity contribution in [2.24, 2.45) is 0 Å². The summed E-state index contributed by atoms with van der Waals surface area (Å²) in [5.74, 6) is -0.428. The number of aromatic carboxylic acids is 1. The van der Waals surface area contributed by atoms with E-state index in [-0.39, 0.29) is 5.56 Å². The molecule has 0 aliphatic rings. The first-order valence-corrected chi connectivity index (χ1v) is 6.29. The highest BCUT2D eigenvalue weighted by Gasteiger charge is 2.11. The smallest absolute Gasteiger partial charge is 0.335 e. The molecule has 94 valence electrons. The Labute approximate surface area is 116 Å². The van der Waals surface area contributed by atoms with E-state index in [1.807, 2.05) is 24.3 Å². The first kappa shape index (κ1) is 11.9. The van der Waals surface area contributed by atoms with Crippen LogP contribution in [0.15, 0.2) is 47.1 Å². The van der Waals surface area contributed by atoms with Crippen molar-refractivity contribution in [3.05, 3.63) is 52.6 Å². The molecule has 0 radical (unpaired) electrons. The van der Waals surface area contributed by atoms with Gasteiger partial charge in [-0.15, -0.1) is 5.10 Å². The summed E-state index contributed by atoms with van der Waals surface area (Å²) in [7, 11) is 0. The number of carbonyl (C=O) groups is 1. The molecule has 0 unspecified atom stereocenters. The SMILES string of the molecule is O=C(O)c1ccn2nc(-c3ccccc3Br)nc2c1. The summed E-state index contributed by atoms with van der Waals surface area (Å²) in [6.45, 7) is 0. The van der Waals surface area contributed by atoms with Crippen LogP contribution in [0.1, 0.15) is 10.4 Å². The maximum atomic E-state index is 10.9. The molecule has 5 nitrogen and oxygen atoms in total. The van der Waals surface area contributed by atoms with Gasteiger partial charge in [-0.2, -0.15) is 0 Å². The van der Waals surface area contributed by atoms with Crippen LogP contribution >= 0.6 is 15.9 Å². The van der Waals surface area contributed by atoms with Gasteiger partial charge in [-0.25, -0.2) is 14.3 Å². The summed E-state index contributed by atoms with van der Waals surface area (Å²) < 4.78 is 2.45.